The highest BCUT2D eigenvalue weighted by molar-refractivity contribution is 9.10. The number of carbonyl (C=O) groups excluding carboxylic acids is 1. The van der Waals surface area contributed by atoms with Gasteiger partial charge in [-0.3, -0.25) is 4.79 Å². The number of terminal acetylenes is 1. The van der Waals surface area contributed by atoms with E-state index in [9.17, 15) is 4.79 Å². The van der Waals surface area contributed by atoms with Crippen molar-refractivity contribution in [3.63, 3.8) is 0 Å². The van der Waals surface area contributed by atoms with Crippen molar-refractivity contribution in [2.45, 2.75) is 6.54 Å². The summed E-state index contributed by atoms with van der Waals surface area (Å²) in [7, 11) is 0. The van der Waals surface area contributed by atoms with Gasteiger partial charge in [0.1, 0.15) is 0 Å². The number of hydrogen-bond acceptors (Lipinski definition) is 4. The van der Waals surface area contributed by atoms with Gasteiger partial charge in [-0.15, -0.1) is 17.8 Å². The average molecular weight is 504 g/mol. The van der Waals surface area contributed by atoms with Gasteiger partial charge in [-0.25, -0.2) is 4.98 Å². The van der Waals surface area contributed by atoms with Gasteiger partial charge in [0.25, 0.3) is 5.91 Å². The summed E-state index contributed by atoms with van der Waals surface area (Å²) in [6.45, 7) is 0.339. The second kappa shape index (κ2) is 8.23. The van der Waals surface area contributed by atoms with Gasteiger partial charge in [-0.1, -0.05) is 57.5 Å². The third-order valence-corrected chi connectivity index (χ3v) is 7.24. The Morgan fingerprint density at radius 2 is 2.03 bits per heavy atom. The van der Waals surface area contributed by atoms with E-state index in [1.54, 1.807) is 11.3 Å². The molecule has 0 saturated heterocycles. The van der Waals surface area contributed by atoms with Gasteiger partial charge >= 0.3 is 0 Å². The van der Waals surface area contributed by atoms with E-state index in [1.165, 1.54) is 11.3 Å². The van der Waals surface area contributed by atoms with E-state index in [0.29, 0.717) is 16.9 Å². The van der Waals surface area contributed by atoms with Crippen LogP contribution in [0.2, 0.25) is 0 Å². The van der Waals surface area contributed by atoms with Crippen LogP contribution in [0.15, 0.2) is 75.5 Å². The quantitative estimate of drug-likeness (QED) is 0.278. The maximum atomic E-state index is 13.4. The molecular weight excluding hydrogens is 490 g/mol. The van der Waals surface area contributed by atoms with Gasteiger partial charge in [0, 0.05) is 9.86 Å². The maximum absolute atomic E-state index is 13.4. The van der Waals surface area contributed by atoms with Crippen molar-refractivity contribution < 1.29 is 4.79 Å². The van der Waals surface area contributed by atoms with Crippen molar-refractivity contribution in [1.29, 1.82) is 0 Å². The molecular formula is C24H14BrN3OS2. The van der Waals surface area contributed by atoms with Gasteiger partial charge < -0.3 is 4.57 Å². The Balaban J connectivity index is 1.72. The maximum Gasteiger partial charge on any atom is 0.280 e. The van der Waals surface area contributed by atoms with Crippen LogP contribution in [-0.2, 0) is 6.54 Å². The molecule has 5 rings (SSSR count). The minimum Gasteiger partial charge on any atom is -0.305 e. The molecule has 4 nitrogen and oxygen atoms in total. The zero-order chi connectivity index (χ0) is 21.4. The van der Waals surface area contributed by atoms with Gasteiger partial charge in [0.05, 0.1) is 38.4 Å². The molecule has 5 aromatic rings. The summed E-state index contributed by atoms with van der Waals surface area (Å²) in [5.41, 5.74) is 3.02. The number of pyridine rings is 1. The number of hydrogen-bond donors (Lipinski definition) is 0. The fourth-order valence-electron chi connectivity index (χ4n) is 3.43. The second-order valence-electron chi connectivity index (χ2n) is 6.75. The van der Waals surface area contributed by atoms with Crippen LogP contribution in [0.1, 0.15) is 10.4 Å². The van der Waals surface area contributed by atoms with Crippen molar-refractivity contribution in [2.75, 3.05) is 0 Å². The number of nitrogens with zero attached hydrogens (tertiary/aromatic N) is 3. The van der Waals surface area contributed by atoms with Gasteiger partial charge in [-0.2, -0.15) is 4.99 Å². The molecule has 7 heteroatoms. The van der Waals surface area contributed by atoms with Crippen molar-refractivity contribution >= 4 is 65.6 Å². The first-order valence-corrected chi connectivity index (χ1v) is 11.9. The molecule has 0 N–H and O–H groups in total. The van der Waals surface area contributed by atoms with Crippen LogP contribution in [0, 0.1) is 12.3 Å². The van der Waals surface area contributed by atoms with E-state index in [2.05, 4.69) is 26.8 Å². The highest BCUT2D eigenvalue weighted by atomic mass is 79.9. The number of thiazole rings is 1. The van der Waals surface area contributed by atoms with Crippen LogP contribution in [0.5, 0.6) is 0 Å². The van der Waals surface area contributed by atoms with Crippen molar-refractivity contribution in [3.8, 4) is 22.9 Å². The number of benzene rings is 2. The number of amides is 1. The molecule has 0 saturated carbocycles. The standard InChI is InChI=1S/C24H14BrN3OS2/c1-2-11-28-20-10-9-15(25)13-22(20)31-24(28)27-23(29)17-14-19(21-8-5-12-30-21)26-18-7-4-3-6-16(17)18/h1,3-10,12-14H,11H2. The Bertz CT molecular complexity index is 1560. The Kier molecular flexibility index (Phi) is 5.28. The predicted molar refractivity (Wildman–Crippen MR) is 131 cm³/mol. The lowest BCUT2D eigenvalue weighted by atomic mass is 10.1. The number of para-hydroxylation sites is 1. The summed E-state index contributed by atoms with van der Waals surface area (Å²) < 4.78 is 3.87. The van der Waals surface area contributed by atoms with Crippen LogP contribution < -0.4 is 4.80 Å². The lowest BCUT2D eigenvalue weighted by Crippen LogP contribution is -2.16. The van der Waals surface area contributed by atoms with E-state index < -0.39 is 0 Å². The molecule has 0 fully saturated rings. The zero-order valence-corrected chi connectivity index (χ0v) is 19.3. The molecule has 0 bridgehead atoms. The first kappa shape index (κ1) is 19.9. The first-order chi connectivity index (χ1) is 15.1. The number of halogens is 1. The lowest BCUT2D eigenvalue weighted by molar-refractivity contribution is 0.0999. The average Bonchev–Trinajstić information content (AvgIpc) is 3.42. The van der Waals surface area contributed by atoms with Crippen LogP contribution in [0.25, 0.3) is 31.7 Å². The highest BCUT2D eigenvalue weighted by Gasteiger charge is 2.15. The number of rotatable bonds is 3. The number of carbonyl (C=O) groups is 1. The molecule has 0 aliphatic heterocycles. The molecule has 0 radical (unpaired) electrons. The molecule has 0 spiro atoms. The Labute approximate surface area is 194 Å². The van der Waals surface area contributed by atoms with E-state index in [0.717, 1.165) is 36.2 Å². The minimum absolute atomic E-state index is 0.312. The molecule has 0 unspecified atom stereocenters. The number of aromatic nitrogens is 2. The highest BCUT2D eigenvalue weighted by Crippen LogP contribution is 2.28. The summed E-state index contributed by atoms with van der Waals surface area (Å²) in [5.74, 6) is 2.35. The summed E-state index contributed by atoms with van der Waals surface area (Å²) in [5, 5.41) is 2.78. The van der Waals surface area contributed by atoms with Crippen LogP contribution in [0.3, 0.4) is 0 Å². The molecule has 3 aromatic heterocycles. The smallest absolute Gasteiger partial charge is 0.280 e. The molecule has 2 aromatic carbocycles. The zero-order valence-electron chi connectivity index (χ0n) is 16.1. The molecule has 1 amide bonds. The predicted octanol–water partition coefficient (Wildman–Crippen LogP) is 6.12. The third kappa shape index (κ3) is 3.74. The summed E-state index contributed by atoms with van der Waals surface area (Å²) >= 11 is 6.53. The van der Waals surface area contributed by atoms with Gasteiger partial charge in [0.15, 0.2) is 4.80 Å². The normalized spacial score (nSPS) is 11.8. The lowest BCUT2D eigenvalue weighted by Gasteiger charge is -2.06. The molecule has 0 aliphatic rings. The Hall–Kier alpha value is -3.05. The fourth-order valence-corrected chi connectivity index (χ4v) is 5.69. The topological polar surface area (TPSA) is 47.2 Å². The Morgan fingerprint density at radius 3 is 2.84 bits per heavy atom. The van der Waals surface area contributed by atoms with E-state index in [-0.39, 0.29) is 5.91 Å². The fraction of sp³-hybridized carbons (Fsp3) is 0.0417. The van der Waals surface area contributed by atoms with Crippen molar-refractivity contribution in [1.82, 2.24) is 9.55 Å². The van der Waals surface area contributed by atoms with Crippen LogP contribution in [-0.4, -0.2) is 15.5 Å². The summed E-state index contributed by atoms with van der Waals surface area (Å²) in [6, 6.07) is 19.4. The SMILES string of the molecule is C#CCn1c(=NC(=O)c2cc(-c3cccs3)nc3ccccc23)sc2cc(Br)ccc21. The second-order valence-corrected chi connectivity index (χ2v) is 9.63. The number of fused-ring (bicyclic) bond motifs is 2. The van der Waals surface area contributed by atoms with Gasteiger partial charge in [0.2, 0.25) is 0 Å². The minimum atomic E-state index is -0.312. The largest absolute Gasteiger partial charge is 0.305 e. The summed E-state index contributed by atoms with van der Waals surface area (Å²) in [6.07, 6.45) is 5.59. The number of thiophene rings is 1. The molecule has 0 aliphatic carbocycles. The van der Waals surface area contributed by atoms with E-state index in [4.69, 9.17) is 11.4 Å². The van der Waals surface area contributed by atoms with Crippen molar-refractivity contribution in [3.05, 3.63) is 80.9 Å². The van der Waals surface area contributed by atoms with E-state index >= 15 is 0 Å². The Morgan fingerprint density at radius 1 is 1.16 bits per heavy atom. The monoisotopic (exact) mass is 503 g/mol. The first-order valence-electron chi connectivity index (χ1n) is 9.39. The van der Waals surface area contributed by atoms with Crippen LogP contribution in [0.4, 0.5) is 0 Å². The van der Waals surface area contributed by atoms with E-state index in [1.807, 2.05) is 70.6 Å². The molecule has 150 valence electrons. The van der Waals surface area contributed by atoms with Crippen LogP contribution >= 0.6 is 38.6 Å². The van der Waals surface area contributed by atoms with Gasteiger partial charge in [-0.05, 0) is 41.8 Å². The summed E-state index contributed by atoms with van der Waals surface area (Å²) in [4.78, 5) is 24.2. The van der Waals surface area contributed by atoms with Crippen molar-refractivity contribution in [2.24, 2.45) is 4.99 Å². The molecule has 0 atom stereocenters. The third-order valence-electron chi connectivity index (χ3n) is 4.81. The molecule has 31 heavy (non-hydrogen) atoms. The molecule has 3 heterocycles.